The number of hydrogen-bond donors (Lipinski definition) is 1. The Labute approximate surface area is 202 Å². The number of nitrogens with zero attached hydrogens (tertiary/aromatic N) is 1. The molecule has 32 heavy (non-hydrogen) atoms. The first-order chi connectivity index (χ1) is 15.4. The van der Waals surface area contributed by atoms with E-state index in [0.717, 1.165) is 27.8 Å². The third-order valence-electron chi connectivity index (χ3n) is 5.29. The Morgan fingerprint density at radius 3 is 2.62 bits per heavy atom. The highest BCUT2D eigenvalue weighted by atomic mass is 35.5. The zero-order valence-electron chi connectivity index (χ0n) is 17.2. The molecule has 1 N–H and O–H groups in total. The Morgan fingerprint density at radius 1 is 1.06 bits per heavy atom. The molecule has 0 aliphatic carbocycles. The fraction of sp³-hybridized carbons (Fsp3) is 0.261. The minimum Gasteiger partial charge on any atom is -0.355 e. The minimum atomic E-state index is -3.57. The summed E-state index contributed by atoms with van der Waals surface area (Å²) < 4.78 is 27.3. The van der Waals surface area contributed by atoms with Gasteiger partial charge >= 0.3 is 0 Å². The predicted molar refractivity (Wildman–Crippen MR) is 133 cm³/mol. The maximum atomic E-state index is 13.0. The van der Waals surface area contributed by atoms with Crippen LogP contribution in [0, 0.1) is 0 Å². The van der Waals surface area contributed by atoms with Crippen LogP contribution < -0.4 is 9.62 Å². The van der Waals surface area contributed by atoms with Gasteiger partial charge in [0.05, 0.1) is 10.6 Å². The van der Waals surface area contributed by atoms with Crippen molar-refractivity contribution < 1.29 is 13.2 Å². The van der Waals surface area contributed by atoms with Crippen molar-refractivity contribution in [2.24, 2.45) is 0 Å². The topological polar surface area (TPSA) is 66.5 Å². The lowest BCUT2D eigenvalue weighted by Gasteiger charge is -2.18. The van der Waals surface area contributed by atoms with E-state index in [-0.39, 0.29) is 18.9 Å². The lowest BCUT2D eigenvalue weighted by Crippen LogP contribution is -2.30. The summed E-state index contributed by atoms with van der Waals surface area (Å²) in [6.07, 6.45) is 0.717. The number of carbonyl (C=O) groups excluding carboxylic acids is 1. The highest BCUT2D eigenvalue weighted by molar-refractivity contribution is 7.98. The molecule has 0 bridgehead atoms. The van der Waals surface area contributed by atoms with Crippen LogP contribution in [0.1, 0.15) is 18.4 Å². The van der Waals surface area contributed by atoms with Gasteiger partial charge in [0.15, 0.2) is 0 Å². The molecule has 0 radical (unpaired) electrons. The van der Waals surface area contributed by atoms with Crippen molar-refractivity contribution >= 4 is 67.4 Å². The molecule has 5 nitrogen and oxygen atoms in total. The van der Waals surface area contributed by atoms with Crippen molar-refractivity contribution in [3.05, 3.63) is 70.2 Å². The van der Waals surface area contributed by atoms with Gasteiger partial charge in [-0.15, -0.1) is 0 Å². The molecule has 0 unspecified atom stereocenters. The molecule has 9 heteroatoms. The van der Waals surface area contributed by atoms with Gasteiger partial charge < -0.3 is 5.32 Å². The van der Waals surface area contributed by atoms with E-state index in [1.165, 1.54) is 4.31 Å². The quantitative estimate of drug-likeness (QED) is 0.388. The van der Waals surface area contributed by atoms with E-state index in [1.54, 1.807) is 30.0 Å². The number of nitrogens with one attached hydrogen (secondary N) is 1. The van der Waals surface area contributed by atoms with Crippen molar-refractivity contribution in [2.45, 2.75) is 23.5 Å². The number of carbonyl (C=O) groups is 1. The van der Waals surface area contributed by atoms with Crippen LogP contribution in [-0.2, 0) is 20.6 Å². The molecule has 0 fully saturated rings. The van der Waals surface area contributed by atoms with Gasteiger partial charge in [-0.05, 0) is 41.6 Å². The zero-order chi connectivity index (χ0) is 22.7. The second-order valence-electron chi connectivity index (χ2n) is 7.45. The molecule has 0 atom stereocenters. The van der Waals surface area contributed by atoms with Crippen molar-refractivity contribution in [1.82, 2.24) is 5.32 Å². The van der Waals surface area contributed by atoms with Gasteiger partial charge in [0.2, 0.25) is 5.91 Å². The van der Waals surface area contributed by atoms with Gasteiger partial charge in [-0.2, -0.15) is 11.8 Å². The molecule has 3 aromatic carbocycles. The summed E-state index contributed by atoms with van der Waals surface area (Å²) in [6.45, 7) is 0.814. The normalized spacial score (nSPS) is 14.1. The summed E-state index contributed by atoms with van der Waals surface area (Å²) in [7, 11) is -3.57. The molecule has 168 valence electrons. The fourth-order valence-electron chi connectivity index (χ4n) is 3.75. The predicted octanol–water partition coefficient (Wildman–Crippen LogP) is 5.49. The minimum absolute atomic E-state index is 0.0811. The average Bonchev–Trinajstić information content (AvgIpc) is 2.98. The molecule has 0 saturated carbocycles. The molecule has 1 aliphatic heterocycles. The van der Waals surface area contributed by atoms with Crippen LogP contribution in [0.2, 0.25) is 10.0 Å². The highest BCUT2D eigenvalue weighted by Crippen LogP contribution is 2.41. The van der Waals surface area contributed by atoms with Crippen molar-refractivity contribution in [3.63, 3.8) is 0 Å². The van der Waals surface area contributed by atoms with Crippen LogP contribution in [-0.4, -0.2) is 33.2 Å². The molecule has 3 aromatic rings. The number of rotatable bonds is 9. The summed E-state index contributed by atoms with van der Waals surface area (Å²) >= 11 is 13.7. The summed E-state index contributed by atoms with van der Waals surface area (Å²) in [4.78, 5) is 12.5. The second kappa shape index (κ2) is 9.91. The number of amides is 1. The first-order valence-corrected chi connectivity index (χ1v) is 13.6. The van der Waals surface area contributed by atoms with Gasteiger partial charge in [-0.1, -0.05) is 53.5 Å². The van der Waals surface area contributed by atoms with Gasteiger partial charge in [-0.25, -0.2) is 8.42 Å². The third kappa shape index (κ3) is 4.86. The Kier molecular flexibility index (Phi) is 7.20. The molecular formula is C23H22Cl2N2O3S2. The monoisotopic (exact) mass is 508 g/mol. The Hall–Kier alpha value is -1.93. The number of benzene rings is 3. The SMILES string of the molecule is O=C(CCCN1c2cccc3cccc(c23)S1(=O)=O)NCCSCc1ccc(Cl)cc1Cl. The molecule has 0 aromatic heterocycles. The molecule has 1 aliphatic rings. The van der Waals surface area contributed by atoms with E-state index in [1.807, 2.05) is 36.4 Å². The molecule has 0 spiro atoms. The summed E-state index contributed by atoms with van der Waals surface area (Å²) in [5, 5.41) is 5.81. The van der Waals surface area contributed by atoms with E-state index in [0.29, 0.717) is 33.6 Å². The Bertz CT molecular complexity index is 1260. The van der Waals surface area contributed by atoms with Crippen molar-refractivity contribution in [3.8, 4) is 0 Å². The standard InChI is InChI=1S/C23H22Cl2N2O3S2/c24-18-10-9-17(19(25)14-18)15-31-13-11-26-22(28)8-3-12-27-20-6-1-4-16-5-2-7-21(23(16)20)32(27,29)30/h1-2,4-7,9-10,14H,3,8,11-13,15H2,(H,26,28). The third-order valence-corrected chi connectivity index (χ3v) is 8.74. The number of anilines is 1. The van der Waals surface area contributed by atoms with Crippen LogP contribution in [0.5, 0.6) is 0 Å². The van der Waals surface area contributed by atoms with Crippen molar-refractivity contribution in [1.29, 1.82) is 0 Å². The smallest absolute Gasteiger partial charge is 0.265 e. The maximum absolute atomic E-state index is 13.0. The maximum Gasteiger partial charge on any atom is 0.265 e. The van der Waals surface area contributed by atoms with E-state index >= 15 is 0 Å². The molecule has 1 heterocycles. The number of sulfonamides is 1. The van der Waals surface area contributed by atoms with Gasteiger partial charge in [-0.3, -0.25) is 9.10 Å². The fourth-order valence-corrected chi connectivity index (χ4v) is 6.92. The first-order valence-electron chi connectivity index (χ1n) is 10.2. The summed E-state index contributed by atoms with van der Waals surface area (Å²) in [5.41, 5.74) is 1.70. The molecule has 4 rings (SSSR count). The van der Waals surface area contributed by atoms with Crippen LogP contribution in [0.3, 0.4) is 0 Å². The van der Waals surface area contributed by atoms with Gasteiger partial charge in [0.1, 0.15) is 0 Å². The van der Waals surface area contributed by atoms with Gasteiger partial charge in [0.25, 0.3) is 10.0 Å². The van der Waals surface area contributed by atoms with Crippen LogP contribution in [0.4, 0.5) is 5.69 Å². The van der Waals surface area contributed by atoms with Gasteiger partial charge in [0, 0.05) is 46.4 Å². The van der Waals surface area contributed by atoms with Crippen LogP contribution in [0.25, 0.3) is 10.8 Å². The first kappa shape index (κ1) is 23.2. The number of thioether (sulfide) groups is 1. The lowest BCUT2D eigenvalue weighted by atomic mass is 10.1. The summed E-state index contributed by atoms with van der Waals surface area (Å²) in [5.74, 6) is 1.41. The van der Waals surface area contributed by atoms with E-state index in [9.17, 15) is 13.2 Å². The van der Waals surface area contributed by atoms with E-state index in [2.05, 4.69) is 5.32 Å². The van der Waals surface area contributed by atoms with Crippen molar-refractivity contribution in [2.75, 3.05) is 23.1 Å². The van der Waals surface area contributed by atoms with E-state index < -0.39 is 10.0 Å². The summed E-state index contributed by atoms with van der Waals surface area (Å²) in [6, 6.07) is 16.3. The largest absolute Gasteiger partial charge is 0.355 e. The highest BCUT2D eigenvalue weighted by Gasteiger charge is 2.34. The number of hydrogen-bond acceptors (Lipinski definition) is 4. The lowest BCUT2D eigenvalue weighted by molar-refractivity contribution is -0.121. The second-order valence-corrected chi connectivity index (χ2v) is 11.2. The molecular weight excluding hydrogens is 487 g/mol. The number of halogens is 2. The average molecular weight is 509 g/mol. The molecule has 1 amide bonds. The van der Waals surface area contributed by atoms with Crippen LogP contribution in [0.15, 0.2) is 59.5 Å². The Morgan fingerprint density at radius 2 is 1.84 bits per heavy atom. The zero-order valence-corrected chi connectivity index (χ0v) is 20.3. The van der Waals surface area contributed by atoms with Crippen LogP contribution >= 0.6 is 35.0 Å². The molecule has 0 saturated heterocycles. The Balaban J connectivity index is 1.22. The van der Waals surface area contributed by atoms with E-state index in [4.69, 9.17) is 23.2 Å².